The first-order valence-electron chi connectivity index (χ1n) is 6.59. The molecule has 6 nitrogen and oxygen atoms in total. The highest BCUT2D eigenvalue weighted by Gasteiger charge is 2.30. The molecule has 0 saturated carbocycles. The average Bonchev–Trinajstić information content (AvgIpc) is 2.53. The first-order chi connectivity index (χ1) is 11.3. The molecule has 0 fully saturated rings. The Labute approximate surface area is 132 Å². The van der Waals surface area contributed by atoms with Crippen LogP contribution in [0.1, 0.15) is 5.56 Å². The molecule has 1 aromatic carbocycles. The van der Waals surface area contributed by atoms with Gasteiger partial charge in [-0.25, -0.2) is 9.97 Å². The molecule has 2 aromatic heterocycles. The number of benzene rings is 1. The van der Waals surface area contributed by atoms with Crippen molar-refractivity contribution in [2.75, 3.05) is 0 Å². The molecule has 3 rings (SSSR count). The van der Waals surface area contributed by atoms with Gasteiger partial charge in [-0.1, -0.05) is 6.07 Å². The molecule has 2 heterocycles. The van der Waals surface area contributed by atoms with E-state index in [4.69, 9.17) is 4.74 Å². The van der Waals surface area contributed by atoms with Gasteiger partial charge in [-0.3, -0.25) is 10.1 Å². The second-order valence-corrected chi connectivity index (χ2v) is 4.76. The van der Waals surface area contributed by atoms with E-state index in [0.29, 0.717) is 11.6 Å². The van der Waals surface area contributed by atoms with Crippen molar-refractivity contribution in [2.45, 2.75) is 6.18 Å². The zero-order valence-corrected chi connectivity index (χ0v) is 11.8. The predicted molar refractivity (Wildman–Crippen MR) is 77.7 cm³/mol. The summed E-state index contributed by atoms with van der Waals surface area (Å²) in [5.74, 6) is -0.0324. The molecule has 0 unspecified atom stereocenters. The summed E-state index contributed by atoms with van der Waals surface area (Å²) in [6.45, 7) is 0. The number of pyridine rings is 2. The second kappa shape index (κ2) is 5.76. The number of nitro benzene ring substituents is 1. The SMILES string of the molecule is O=[N+]([O-])c1cc(Oc2ccc(C(F)(F)F)cn2)cc2cccnc12. The van der Waals surface area contributed by atoms with Crippen molar-refractivity contribution in [3.8, 4) is 11.6 Å². The van der Waals surface area contributed by atoms with Gasteiger partial charge in [0, 0.05) is 23.8 Å². The number of hydrogen-bond acceptors (Lipinski definition) is 5. The summed E-state index contributed by atoms with van der Waals surface area (Å²) < 4.78 is 42.8. The van der Waals surface area contributed by atoms with Crippen molar-refractivity contribution >= 4 is 16.6 Å². The number of nitrogens with zero attached hydrogens (tertiary/aromatic N) is 3. The second-order valence-electron chi connectivity index (χ2n) is 4.76. The average molecular weight is 335 g/mol. The summed E-state index contributed by atoms with van der Waals surface area (Å²) in [6, 6.07) is 7.72. The van der Waals surface area contributed by atoms with E-state index >= 15 is 0 Å². The molecule has 3 aromatic rings. The molecule has 0 atom stereocenters. The Morgan fingerprint density at radius 2 is 1.92 bits per heavy atom. The van der Waals surface area contributed by atoms with Crippen LogP contribution >= 0.6 is 0 Å². The van der Waals surface area contributed by atoms with Crippen LogP contribution in [0, 0.1) is 10.1 Å². The number of halogens is 3. The number of nitro groups is 1. The summed E-state index contributed by atoms with van der Waals surface area (Å²) in [5.41, 5.74) is -0.992. The molecule has 0 aliphatic heterocycles. The van der Waals surface area contributed by atoms with E-state index in [1.54, 1.807) is 12.1 Å². The van der Waals surface area contributed by atoms with Gasteiger partial charge in [0.2, 0.25) is 5.88 Å². The fraction of sp³-hybridized carbons (Fsp3) is 0.0667. The fourth-order valence-corrected chi connectivity index (χ4v) is 2.07. The van der Waals surface area contributed by atoms with Crippen LogP contribution in [0.3, 0.4) is 0 Å². The summed E-state index contributed by atoms with van der Waals surface area (Å²) in [7, 11) is 0. The van der Waals surface area contributed by atoms with Crippen LogP contribution in [0.4, 0.5) is 18.9 Å². The normalized spacial score (nSPS) is 11.5. The van der Waals surface area contributed by atoms with Crippen LogP contribution in [0.15, 0.2) is 48.8 Å². The molecular weight excluding hydrogens is 327 g/mol. The highest BCUT2D eigenvalue weighted by Crippen LogP contribution is 2.33. The molecule has 0 amide bonds. The Morgan fingerprint density at radius 1 is 1.12 bits per heavy atom. The Bertz CT molecular complexity index is 911. The molecule has 0 saturated heterocycles. The predicted octanol–water partition coefficient (Wildman–Crippen LogP) is 4.35. The van der Waals surface area contributed by atoms with Crippen LogP contribution < -0.4 is 4.74 Å². The van der Waals surface area contributed by atoms with E-state index in [2.05, 4.69) is 9.97 Å². The zero-order chi connectivity index (χ0) is 17.3. The molecule has 0 aliphatic rings. The molecule has 0 radical (unpaired) electrons. The molecule has 122 valence electrons. The van der Waals surface area contributed by atoms with Crippen molar-refractivity contribution in [1.82, 2.24) is 9.97 Å². The monoisotopic (exact) mass is 335 g/mol. The summed E-state index contributed by atoms with van der Waals surface area (Å²) in [4.78, 5) is 18.1. The molecule has 0 aliphatic carbocycles. The van der Waals surface area contributed by atoms with Gasteiger partial charge < -0.3 is 4.74 Å². The minimum atomic E-state index is -4.50. The van der Waals surface area contributed by atoms with E-state index in [9.17, 15) is 23.3 Å². The van der Waals surface area contributed by atoms with Gasteiger partial charge in [-0.15, -0.1) is 0 Å². The minimum absolute atomic E-state index is 0.0782. The van der Waals surface area contributed by atoms with Crippen molar-refractivity contribution in [1.29, 1.82) is 0 Å². The van der Waals surface area contributed by atoms with Crippen molar-refractivity contribution in [3.05, 3.63) is 64.5 Å². The maximum absolute atomic E-state index is 12.5. The maximum Gasteiger partial charge on any atom is 0.417 e. The van der Waals surface area contributed by atoms with Crippen LogP contribution in [0.2, 0.25) is 0 Å². The number of aromatic nitrogens is 2. The Kier molecular flexibility index (Phi) is 3.76. The van der Waals surface area contributed by atoms with Gasteiger partial charge in [-0.05, 0) is 18.2 Å². The number of non-ortho nitro benzene ring substituents is 1. The fourth-order valence-electron chi connectivity index (χ4n) is 2.07. The standard InChI is InChI=1S/C15H8F3N3O3/c16-15(17,18)10-3-4-13(20-8-10)24-11-6-9-2-1-5-19-14(9)12(7-11)21(22)23/h1-8H. The van der Waals surface area contributed by atoms with E-state index in [1.165, 1.54) is 12.3 Å². The molecule has 0 bridgehead atoms. The van der Waals surface area contributed by atoms with Crippen molar-refractivity contribution in [2.24, 2.45) is 0 Å². The first kappa shape index (κ1) is 15.7. The van der Waals surface area contributed by atoms with Gasteiger partial charge in [0.05, 0.1) is 16.6 Å². The van der Waals surface area contributed by atoms with Gasteiger partial charge in [0.1, 0.15) is 11.3 Å². The lowest BCUT2D eigenvalue weighted by Gasteiger charge is -2.08. The van der Waals surface area contributed by atoms with Crippen LogP contribution in [-0.4, -0.2) is 14.9 Å². The number of hydrogen-bond donors (Lipinski definition) is 0. The van der Waals surface area contributed by atoms with Crippen LogP contribution in [0.5, 0.6) is 11.6 Å². The molecule has 24 heavy (non-hydrogen) atoms. The van der Waals surface area contributed by atoms with Crippen molar-refractivity contribution in [3.63, 3.8) is 0 Å². The molecular formula is C15H8F3N3O3. The summed E-state index contributed by atoms with van der Waals surface area (Å²) >= 11 is 0. The first-order valence-corrected chi connectivity index (χ1v) is 6.59. The Hall–Kier alpha value is -3.23. The van der Waals surface area contributed by atoms with Gasteiger partial charge >= 0.3 is 6.18 Å². The number of fused-ring (bicyclic) bond motifs is 1. The maximum atomic E-state index is 12.5. The molecule has 0 N–H and O–H groups in total. The number of ether oxygens (including phenoxy) is 1. The lowest BCUT2D eigenvalue weighted by atomic mass is 10.2. The smallest absolute Gasteiger partial charge is 0.417 e. The molecule has 0 spiro atoms. The Morgan fingerprint density at radius 3 is 2.54 bits per heavy atom. The summed E-state index contributed by atoms with van der Waals surface area (Å²) in [5, 5.41) is 11.6. The lowest BCUT2D eigenvalue weighted by molar-refractivity contribution is -0.383. The van der Waals surface area contributed by atoms with E-state index in [0.717, 1.165) is 18.2 Å². The van der Waals surface area contributed by atoms with Gasteiger partial charge in [-0.2, -0.15) is 13.2 Å². The van der Waals surface area contributed by atoms with E-state index in [-0.39, 0.29) is 22.8 Å². The van der Waals surface area contributed by atoms with Crippen molar-refractivity contribution < 1.29 is 22.8 Å². The quantitative estimate of drug-likeness (QED) is 0.525. The zero-order valence-electron chi connectivity index (χ0n) is 11.8. The minimum Gasteiger partial charge on any atom is -0.439 e. The summed E-state index contributed by atoms with van der Waals surface area (Å²) in [6.07, 6.45) is -2.45. The Balaban J connectivity index is 1.97. The van der Waals surface area contributed by atoms with Gasteiger partial charge in [0.15, 0.2) is 0 Å². The molecule has 9 heteroatoms. The largest absolute Gasteiger partial charge is 0.439 e. The van der Waals surface area contributed by atoms with E-state index < -0.39 is 16.7 Å². The number of rotatable bonds is 3. The van der Waals surface area contributed by atoms with Gasteiger partial charge in [0.25, 0.3) is 5.69 Å². The van der Waals surface area contributed by atoms with Crippen LogP contribution in [-0.2, 0) is 6.18 Å². The third-order valence-electron chi connectivity index (χ3n) is 3.14. The lowest BCUT2D eigenvalue weighted by Crippen LogP contribution is -2.05. The van der Waals surface area contributed by atoms with E-state index in [1.807, 2.05) is 0 Å². The topological polar surface area (TPSA) is 78.2 Å². The van der Waals surface area contributed by atoms with Crippen LogP contribution in [0.25, 0.3) is 10.9 Å². The highest BCUT2D eigenvalue weighted by atomic mass is 19.4. The third-order valence-corrected chi connectivity index (χ3v) is 3.14. The number of alkyl halides is 3. The highest BCUT2D eigenvalue weighted by molar-refractivity contribution is 5.88. The third kappa shape index (κ3) is 3.09.